The number of para-hydroxylation sites is 1. The molecule has 0 bridgehead atoms. The molecule has 29 heavy (non-hydrogen) atoms. The molecule has 0 radical (unpaired) electrons. The second-order valence-corrected chi connectivity index (χ2v) is 6.18. The molecule has 7 heteroatoms. The number of carbonyl (C=O) groups is 1. The van der Waals surface area contributed by atoms with E-state index >= 15 is 0 Å². The molecule has 0 fully saturated rings. The molecular formula is C22H21N3O4. The fraction of sp³-hybridized carbons (Fsp3) is 0.182. The number of hydrogen-bond donors (Lipinski definition) is 1. The van der Waals surface area contributed by atoms with Gasteiger partial charge in [-0.3, -0.25) is 9.97 Å². The lowest BCUT2D eigenvalue weighted by molar-refractivity contribution is -0.145. The normalized spacial score (nSPS) is 12.0. The van der Waals surface area contributed by atoms with Gasteiger partial charge < -0.3 is 14.7 Å². The molecule has 2 heterocycles. The summed E-state index contributed by atoms with van der Waals surface area (Å²) in [5, 5.41) is 13.4. The number of ether oxygens (including phenoxy) is 1. The van der Waals surface area contributed by atoms with Gasteiger partial charge in [0.1, 0.15) is 5.75 Å². The zero-order chi connectivity index (χ0) is 20.3. The van der Waals surface area contributed by atoms with E-state index in [1.54, 1.807) is 55.3 Å². The average molecular weight is 391 g/mol. The van der Waals surface area contributed by atoms with Crippen molar-refractivity contribution in [3.8, 4) is 5.75 Å². The first-order valence-corrected chi connectivity index (χ1v) is 9.16. The Morgan fingerprint density at radius 2 is 1.66 bits per heavy atom. The minimum Gasteiger partial charge on any atom is -0.479 e. The molecule has 148 valence electrons. The third-order valence-electron chi connectivity index (χ3n) is 4.07. The van der Waals surface area contributed by atoms with Crippen LogP contribution in [-0.2, 0) is 9.63 Å². The van der Waals surface area contributed by atoms with Crippen LogP contribution in [-0.4, -0.2) is 33.4 Å². The van der Waals surface area contributed by atoms with Crippen molar-refractivity contribution in [2.24, 2.45) is 5.16 Å². The molecule has 3 aromatic rings. The fourth-order valence-corrected chi connectivity index (χ4v) is 2.65. The summed E-state index contributed by atoms with van der Waals surface area (Å²) in [5.41, 5.74) is 1.68. The van der Waals surface area contributed by atoms with E-state index in [0.29, 0.717) is 12.2 Å². The minimum absolute atomic E-state index is 0.265. The molecule has 2 aromatic heterocycles. The topological polar surface area (TPSA) is 93.9 Å². The molecule has 1 unspecified atom stereocenters. The molecule has 1 N–H and O–H groups in total. The summed E-state index contributed by atoms with van der Waals surface area (Å²) >= 11 is 0. The highest BCUT2D eigenvalue weighted by Gasteiger charge is 2.19. The SMILES string of the molecule is O=C(O)C(CCC=NOC(c1cccnc1)c1cccnc1)Oc1ccccc1. The van der Waals surface area contributed by atoms with Gasteiger partial charge in [-0.25, -0.2) is 4.79 Å². The number of rotatable bonds is 10. The van der Waals surface area contributed by atoms with Gasteiger partial charge in [-0.15, -0.1) is 0 Å². The smallest absolute Gasteiger partial charge is 0.344 e. The maximum Gasteiger partial charge on any atom is 0.344 e. The van der Waals surface area contributed by atoms with Crippen molar-refractivity contribution in [1.29, 1.82) is 0 Å². The molecular weight excluding hydrogens is 370 g/mol. The first-order valence-electron chi connectivity index (χ1n) is 9.16. The van der Waals surface area contributed by atoms with Gasteiger partial charge >= 0.3 is 5.97 Å². The molecule has 7 nitrogen and oxygen atoms in total. The van der Waals surface area contributed by atoms with Crippen LogP contribution >= 0.6 is 0 Å². The van der Waals surface area contributed by atoms with Gasteiger partial charge in [0.15, 0.2) is 12.2 Å². The van der Waals surface area contributed by atoms with Crippen molar-refractivity contribution < 1.29 is 19.5 Å². The molecule has 0 amide bonds. The summed E-state index contributed by atoms with van der Waals surface area (Å²) in [5.74, 6) is -0.506. The number of oxime groups is 1. The molecule has 0 aliphatic carbocycles. The molecule has 1 atom stereocenters. The number of pyridine rings is 2. The number of hydrogen-bond acceptors (Lipinski definition) is 6. The lowest BCUT2D eigenvalue weighted by Gasteiger charge is -2.15. The quantitative estimate of drug-likeness (QED) is 0.416. The van der Waals surface area contributed by atoms with Crippen molar-refractivity contribution in [2.45, 2.75) is 25.0 Å². The molecule has 0 aliphatic rings. The van der Waals surface area contributed by atoms with Gasteiger partial charge in [-0.05, 0) is 30.7 Å². The van der Waals surface area contributed by atoms with Crippen LogP contribution in [0.5, 0.6) is 5.75 Å². The lowest BCUT2D eigenvalue weighted by atomic mass is 10.1. The Bertz CT molecular complexity index is 866. The highest BCUT2D eigenvalue weighted by Crippen LogP contribution is 2.24. The summed E-state index contributed by atoms with van der Waals surface area (Å²) in [6.07, 6.45) is 7.57. The number of aliphatic carboxylic acids is 1. The van der Waals surface area contributed by atoms with Gasteiger partial charge in [0.25, 0.3) is 0 Å². The third kappa shape index (κ3) is 6.14. The van der Waals surface area contributed by atoms with Crippen molar-refractivity contribution in [1.82, 2.24) is 9.97 Å². The van der Waals surface area contributed by atoms with Crippen LogP contribution in [0.3, 0.4) is 0 Å². The number of benzene rings is 1. The summed E-state index contributed by atoms with van der Waals surface area (Å²) in [6.45, 7) is 0. The van der Waals surface area contributed by atoms with E-state index in [0.717, 1.165) is 11.1 Å². The van der Waals surface area contributed by atoms with E-state index in [9.17, 15) is 9.90 Å². The second-order valence-electron chi connectivity index (χ2n) is 6.18. The van der Waals surface area contributed by atoms with Crippen molar-refractivity contribution >= 4 is 12.2 Å². The van der Waals surface area contributed by atoms with Gasteiger partial charge in [0, 0.05) is 48.5 Å². The van der Waals surface area contributed by atoms with Gasteiger partial charge in [0.2, 0.25) is 0 Å². The standard InChI is InChI=1S/C22H21N3O4/c26-22(27)20(28-19-9-2-1-3-10-19)11-6-14-25-29-21(17-7-4-12-23-15-17)18-8-5-13-24-16-18/h1-5,7-10,12-16,20-21H,6,11H2,(H,26,27). The van der Waals surface area contributed by atoms with E-state index in [-0.39, 0.29) is 6.42 Å². The highest BCUT2D eigenvalue weighted by molar-refractivity contribution is 5.73. The van der Waals surface area contributed by atoms with E-state index in [2.05, 4.69) is 15.1 Å². The third-order valence-corrected chi connectivity index (χ3v) is 4.07. The van der Waals surface area contributed by atoms with E-state index in [1.807, 2.05) is 30.3 Å². The lowest BCUT2D eigenvalue weighted by Crippen LogP contribution is -2.27. The monoisotopic (exact) mass is 391 g/mol. The molecule has 0 saturated carbocycles. The van der Waals surface area contributed by atoms with Crippen LogP contribution in [0.1, 0.15) is 30.1 Å². The van der Waals surface area contributed by atoms with Crippen LogP contribution in [0.15, 0.2) is 84.5 Å². The van der Waals surface area contributed by atoms with Crippen molar-refractivity contribution in [2.75, 3.05) is 0 Å². The minimum atomic E-state index is -1.02. The van der Waals surface area contributed by atoms with E-state index < -0.39 is 18.2 Å². The van der Waals surface area contributed by atoms with E-state index in [4.69, 9.17) is 9.57 Å². The fourth-order valence-electron chi connectivity index (χ4n) is 2.65. The zero-order valence-electron chi connectivity index (χ0n) is 15.7. The molecule has 0 spiro atoms. The summed E-state index contributed by atoms with van der Waals surface area (Å²) < 4.78 is 5.52. The molecule has 0 aliphatic heterocycles. The van der Waals surface area contributed by atoms with Crippen LogP contribution in [0.25, 0.3) is 0 Å². The first kappa shape index (κ1) is 20.0. The predicted molar refractivity (Wildman–Crippen MR) is 108 cm³/mol. The van der Waals surface area contributed by atoms with Gasteiger partial charge in [-0.2, -0.15) is 0 Å². The second kappa shape index (κ2) is 10.6. The number of carboxylic acid groups (broad SMARTS) is 1. The van der Waals surface area contributed by atoms with Crippen molar-refractivity contribution in [3.63, 3.8) is 0 Å². The zero-order valence-corrected chi connectivity index (χ0v) is 15.7. The number of aromatic nitrogens is 2. The Morgan fingerprint density at radius 1 is 1.00 bits per heavy atom. The van der Waals surface area contributed by atoms with E-state index in [1.165, 1.54) is 0 Å². The Balaban J connectivity index is 1.58. The van der Waals surface area contributed by atoms with Gasteiger partial charge in [-0.1, -0.05) is 35.5 Å². The Kier molecular flexibility index (Phi) is 7.28. The predicted octanol–water partition coefficient (Wildman–Crippen LogP) is 3.88. The maximum atomic E-state index is 11.4. The molecule has 1 aromatic carbocycles. The summed E-state index contributed by atoms with van der Waals surface area (Å²) in [7, 11) is 0. The van der Waals surface area contributed by atoms with Crippen molar-refractivity contribution in [3.05, 3.63) is 90.5 Å². The number of carboxylic acids is 1. The summed E-state index contributed by atoms with van der Waals surface area (Å²) in [4.78, 5) is 25.4. The van der Waals surface area contributed by atoms with Crippen LogP contribution in [0.2, 0.25) is 0 Å². The van der Waals surface area contributed by atoms with Crippen LogP contribution in [0, 0.1) is 0 Å². The number of nitrogens with zero attached hydrogens (tertiary/aromatic N) is 3. The Hall–Kier alpha value is -3.74. The molecule has 3 rings (SSSR count). The molecule has 0 saturated heterocycles. The van der Waals surface area contributed by atoms with Gasteiger partial charge in [0.05, 0.1) is 0 Å². The Labute approximate surface area is 168 Å². The Morgan fingerprint density at radius 3 is 2.21 bits per heavy atom. The average Bonchev–Trinajstić information content (AvgIpc) is 2.77. The largest absolute Gasteiger partial charge is 0.479 e. The van der Waals surface area contributed by atoms with Crippen LogP contribution < -0.4 is 4.74 Å². The van der Waals surface area contributed by atoms with Crippen LogP contribution in [0.4, 0.5) is 0 Å². The first-order chi connectivity index (χ1) is 14.2. The maximum absolute atomic E-state index is 11.4. The summed E-state index contributed by atoms with van der Waals surface area (Å²) in [6, 6.07) is 16.3. The highest BCUT2D eigenvalue weighted by atomic mass is 16.6.